The molecule has 4 rings (SSSR count). The van der Waals surface area contributed by atoms with E-state index in [2.05, 4.69) is 5.32 Å². The Balaban J connectivity index is 1.62. The molecule has 1 aliphatic heterocycles. The van der Waals surface area contributed by atoms with Crippen LogP contribution >= 0.6 is 0 Å². The van der Waals surface area contributed by atoms with Crippen molar-refractivity contribution in [2.75, 3.05) is 16.8 Å². The number of aliphatic imine (C=N–C) groups is 1. The van der Waals surface area contributed by atoms with E-state index in [1.54, 1.807) is 4.90 Å². The van der Waals surface area contributed by atoms with Crippen molar-refractivity contribution in [3.8, 4) is 0 Å². The fraction of sp³-hybridized carbons (Fsp3) is 0.318. The van der Waals surface area contributed by atoms with E-state index in [-0.39, 0.29) is 24.3 Å². The van der Waals surface area contributed by atoms with E-state index in [9.17, 15) is 9.59 Å². The molecule has 1 saturated carbocycles. The summed E-state index contributed by atoms with van der Waals surface area (Å²) in [4.78, 5) is 32.3. The lowest BCUT2D eigenvalue weighted by atomic mass is 10.1. The van der Waals surface area contributed by atoms with E-state index in [0.717, 1.165) is 47.5 Å². The highest BCUT2D eigenvalue weighted by Crippen LogP contribution is 2.37. The van der Waals surface area contributed by atoms with Crippen LogP contribution in [0.25, 0.3) is 0 Å². The van der Waals surface area contributed by atoms with Gasteiger partial charge in [0.2, 0.25) is 11.8 Å². The highest BCUT2D eigenvalue weighted by Gasteiger charge is 2.37. The van der Waals surface area contributed by atoms with Crippen LogP contribution in [0.5, 0.6) is 0 Å². The summed E-state index contributed by atoms with van der Waals surface area (Å²) in [6.07, 6.45) is 2.63. The molecule has 2 amide bonds. The zero-order valence-corrected chi connectivity index (χ0v) is 15.7. The summed E-state index contributed by atoms with van der Waals surface area (Å²) in [6.45, 7) is 3.94. The van der Waals surface area contributed by atoms with Gasteiger partial charge in [-0.25, -0.2) is 0 Å². The normalized spacial score (nSPS) is 18.4. The van der Waals surface area contributed by atoms with Crippen LogP contribution in [0.15, 0.2) is 47.5 Å². The SMILES string of the molecule is Cc1ccc(C)c(NC(=O)CN2C(=O)[C@H]3CCCC3=Nc3ccccc32)c1. The smallest absolute Gasteiger partial charge is 0.244 e. The molecule has 0 unspecified atom stereocenters. The van der Waals surface area contributed by atoms with Gasteiger partial charge in [-0.15, -0.1) is 0 Å². The Hall–Kier alpha value is -2.95. The number of benzene rings is 2. The number of anilines is 2. The molecule has 0 bridgehead atoms. The topological polar surface area (TPSA) is 61.8 Å². The fourth-order valence-electron chi connectivity index (χ4n) is 3.84. The van der Waals surface area contributed by atoms with Crippen LogP contribution in [0.1, 0.15) is 30.4 Å². The molecule has 1 N–H and O–H groups in total. The summed E-state index contributed by atoms with van der Waals surface area (Å²) in [5, 5.41) is 2.96. The van der Waals surface area contributed by atoms with Crippen molar-refractivity contribution in [1.82, 2.24) is 0 Å². The second-order valence-electron chi connectivity index (χ2n) is 7.33. The van der Waals surface area contributed by atoms with Gasteiger partial charge in [0.15, 0.2) is 0 Å². The van der Waals surface area contributed by atoms with E-state index < -0.39 is 0 Å². The van der Waals surface area contributed by atoms with Crippen molar-refractivity contribution in [2.45, 2.75) is 33.1 Å². The molecule has 2 aliphatic rings. The van der Waals surface area contributed by atoms with Crippen molar-refractivity contribution < 1.29 is 9.59 Å². The minimum Gasteiger partial charge on any atom is -0.324 e. The molecule has 0 aromatic heterocycles. The zero-order valence-electron chi connectivity index (χ0n) is 15.7. The maximum atomic E-state index is 13.2. The quantitative estimate of drug-likeness (QED) is 0.892. The first-order valence-corrected chi connectivity index (χ1v) is 9.38. The average Bonchev–Trinajstić information content (AvgIpc) is 3.07. The molecule has 5 heteroatoms. The minimum absolute atomic E-state index is 0.0114. The highest BCUT2D eigenvalue weighted by molar-refractivity contribution is 6.16. The summed E-state index contributed by atoms with van der Waals surface area (Å²) < 4.78 is 0. The van der Waals surface area contributed by atoms with Gasteiger partial charge in [0, 0.05) is 11.4 Å². The standard InChI is InChI=1S/C22H23N3O2/c1-14-10-11-15(2)19(12-14)24-21(26)13-25-20-9-4-3-7-18(20)23-17-8-5-6-16(17)22(25)27/h3-4,7,9-12,16H,5-6,8,13H2,1-2H3,(H,24,26)/t16-/m0/s1. The maximum Gasteiger partial charge on any atom is 0.244 e. The summed E-state index contributed by atoms with van der Waals surface area (Å²) >= 11 is 0. The number of para-hydroxylation sites is 2. The summed E-state index contributed by atoms with van der Waals surface area (Å²) in [6, 6.07) is 13.5. The molecule has 138 valence electrons. The largest absolute Gasteiger partial charge is 0.324 e. The molecule has 1 fully saturated rings. The fourth-order valence-corrected chi connectivity index (χ4v) is 3.84. The van der Waals surface area contributed by atoms with E-state index in [1.807, 2.05) is 56.3 Å². The Labute approximate surface area is 159 Å². The molecule has 1 aliphatic carbocycles. The Morgan fingerprint density at radius 2 is 2.04 bits per heavy atom. The van der Waals surface area contributed by atoms with Gasteiger partial charge in [-0.1, -0.05) is 24.3 Å². The number of rotatable bonds is 3. The number of nitrogens with one attached hydrogen (secondary N) is 1. The van der Waals surface area contributed by atoms with Crippen LogP contribution in [0.2, 0.25) is 0 Å². The Kier molecular flexibility index (Phi) is 4.52. The number of fused-ring (bicyclic) bond motifs is 2. The van der Waals surface area contributed by atoms with Crippen LogP contribution in [-0.4, -0.2) is 24.1 Å². The summed E-state index contributed by atoms with van der Waals surface area (Å²) in [5.41, 5.74) is 5.29. The van der Waals surface area contributed by atoms with Crippen molar-refractivity contribution in [2.24, 2.45) is 10.9 Å². The predicted octanol–water partition coefficient (Wildman–Crippen LogP) is 4.16. The number of amides is 2. The summed E-state index contributed by atoms with van der Waals surface area (Å²) in [5.74, 6) is -0.425. The first kappa shape index (κ1) is 17.5. The van der Waals surface area contributed by atoms with Gasteiger partial charge in [0.1, 0.15) is 6.54 Å². The first-order valence-electron chi connectivity index (χ1n) is 9.38. The third-order valence-corrected chi connectivity index (χ3v) is 5.30. The van der Waals surface area contributed by atoms with Gasteiger partial charge in [0.25, 0.3) is 0 Å². The van der Waals surface area contributed by atoms with Crippen LogP contribution < -0.4 is 10.2 Å². The third kappa shape index (κ3) is 3.37. The van der Waals surface area contributed by atoms with Crippen molar-refractivity contribution >= 4 is 34.6 Å². The molecule has 0 spiro atoms. The number of hydrogen-bond acceptors (Lipinski definition) is 3. The number of carbonyl (C=O) groups is 2. The Morgan fingerprint density at radius 1 is 1.22 bits per heavy atom. The highest BCUT2D eigenvalue weighted by atomic mass is 16.2. The van der Waals surface area contributed by atoms with Crippen LogP contribution in [0.4, 0.5) is 17.1 Å². The molecule has 5 nitrogen and oxygen atoms in total. The predicted molar refractivity (Wildman–Crippen MR) is 108 cm³/mol. The van der Waals surface area contributed by atoms with Gasteiger partial charge >= 0.3 is 0 Å². The molecule has 0 radical (unpaired) electrons. The molecule has 27 heavy (non-hydrogen) atoms. The van der Waals surface area contributed by atoms with Gasteiger partial charge in [-0.3, -0.25) is 14.6 Å². The maximum absolute atomic E-state index is 13.2. The van der Waals surface area contributed by atoms with Crippen LogP contribution in [-0.2, 0) is 9.59 Å². The number of aryl methyl sites for hydroxylation is 2. The summed E-state index contributed by atoms with van der Waals surface area (Å²) in [7, 11) is 0. The van der Waals surface area contributed by atoms with E-state index in [4.69, 9.17) is 4.99 Å². The average molecular weight is 361 g/mol. The molecular weight excluding hydrogens is 338 g/mol. The Bertz CT molecular complexity index is 948. The van der Waals surface area contributed by atoms with E-state index in [0.29, 0.717) is 5.69 Å². The third-order valence-electron chi connectivity index (χ3n) is 5.30. The van der Waals surface area contributed by atoms with E-state index in [1.165, 1.54) is 0 Å². The van der Waals surface area contributed by atoms with E-state index >= 15 is 0 Å². The molecule has 0 saturated heterocycles. The van der Waals surface area contributed by atoms with Crippen molar-refractivity contribution in [3.63, 3.8) is 0 Å². The zero-order chi connectivity index (χ0) is 19.0. The lowest BCUT2D eigenvalue weighted by Gasteiger charge is -2.24. The lowest BCUT2D eigenvalue weighted by Crippen LogP contribution is -2.41. The van der Waals surface area contributed by atoms with Gasteiger partial charge < -0.3 is 10.2 Å². The van der Waals surface area contributed by atoms with Crippen molar-refractivity contribution in [1.29, 1.82) is 0 Å². The minimum atomic E-state index is -0.203. The Morgan fingerprint density at radius 3 is 2.89 bits per heavy atom. The molecule has 1 atom stereocenters. The number of hydrogen-bond donors (Lipinski definition) is 1. The monoisotopic (exact) mass is 361 g/mol. The lowest BCUT2D eigenvalue weighted by molar-refractivity contribution is -0.122. The van der Waals surface area contributed by atoms with Crippen LogP contribution in [0, 0.1) is 19.8 Å². The molecule has 1 heterocycles. The number of carbonyl (C=O) groups excluding carboxylic acids is 2. The van der Waals surface area contributed by atoms with Gasteiger partial charge in [-0.05, 0) is 62.4 Å². The van der Waals surface area contributed by atoms with Crippen molar-refractivity contribution in [3.05, 3.63) is 53.6 Å². The van der Waals surface area contributed by atoms with Crippen LogP contribution in [0.3, 0.4) is 0 Å². The second kappa shape index (κ2) is 6.99. The molecule has 2 aromatic rings. The number of nitrogens with zero attached hydrogens (tertiary/aromatic N) is 2. The molecular formula is C22H23N3O2. The second-order valence-corrected chi connectivity index (χ2v) is 7.33. The van der Waals surface area contributed by atoms with Gasteiger partial charge in [-0.2, -0.15) is 0 Å². The molecule has 2 aromatic carbocycles. The first-order chi connectivity index (χ1) is 13.0. The van der Waals surface area contributed by atoms with Gasteiger partial charge in [0.05, 0.1) is 17.3 Å².